The topological polar surface area (TPSA) is 119 Å². The van der Waals surface area contributed by atoms with Crippen LogP contribution in [0.2, 0.25) is 0 Å². The summed E-state index contributed by atoms with van der Waals surface area (Å²) in [6, 6.07) is 42.7. The summed E-state index contributed by atoms with van der Waals surface area (Å²) >= 11 is 0. The lowest BCUT2D eigenvalue weighted by Crippen LogP contribution is -2.20. The summed E-state index contributed by atoms with van der Waals surface area (Å²) in [7, 11) is 6.50. The van der Waals surface area contributed by atoms with Gasteiger partial charge in [0, 0.05) is 67.0 Å². The van der Waals surface area contributed by atoms with E-state index in [0.29, 0.717) is 26.4 Å². The third kappa shape index (κ3) is 9.12. The van der Waals surface area contributed by atoms with Crippen LogP contribution in [0.3, 0.4) is 0 Å². The van der Waals surface area contributed by atoms with Gasteiger partial charge in [0.25, 0.3) is 0 Å². The molecule has 68 heavy (non-hydrogen) atoms. The highest BCUT2D eigenvalue weighted by Gasteiger charge is 2.28. The van der Waals surface area contributed by atoms with Crippen molar-refractivity contribution in [3.8, 4) is 11.1 Å². The standard InChI is InChI=1S/C56H52N4O8/c1-61-32-65-28-36-5-13-40(14-6-36)52-44-27-49-54(42-17-9-38(10-18-42)30-67-34-63-3)47-22-21-45(57-47)53(41-15-7-37(8-16-41)29-66-33-62-2)46-23-24-48(58-46)55(51-26-25-50(52)60(51)56(44)59-49)43-19-11-39(12-20-43)31-68-35-64-4/h5-27,57H,28-35H2,1-4H3. The van der Waals surface area contributed by atoms with Crippen molar-refractivity contribution in [3.63, 3.8) is 0 Å². The van der Waals surface area contributed by atoms with E-state index in [0.717, 1.165) is 117 Å². The molecule has 12 heteroatoms. The lowest BCUT2D eigenvalue weighted by atomic mass is 9.98. The lowest BCUT2D eigenvalue weighted by Gasteiger charge is -2.13. The van der Waals surface area contributed by atoms with Crippen molar-refractivity contribution in [1.82, 2.24) is 9.38 Å². The van der Waals surface area contributed by atoms with Crippen LogP contribution in [0.15, 0.2) is 155 Å². The second kappa shape index (κ2) is 20.6. The van der Waals surface area contributed by atoms with Gasteiger partial charge in [-0.15, -0.1) is 0 Å². The average Bonchev–Trinajstić information content (AvgIpc) is 4.23. The first-order valence-electron chi connectivity index (χ1n) is 22.4. The molecule has 6 heterocycles. The average molecular weight is 909 g/mol. The summed E-state index contributed by atoms with van der Waals surface area (Å²) in [6.07, 6.45) is 6.49. The fourth-order valence-corrected chi connectivity index (χ4v) is 9.07. The Balaban J connectivity index is 1.22. The number of nitrogens with zero attached hydrogens (tertiary/aromatic N) is 3. The predicted molar refractivity (Wildman–Crippen MR) is 261 cm³/mol. The van der Waals surface area contributed by atoms with Crippen LogP contribution >= 0.6 is 0 Å². The summed E-state index contributed by atoms with van der Waals surface area (Å²) in [6.45, 7) is 2.64. The van der Waals surface area contributed by atoms with Gasteiger partial charge < -0.3 is 42.9 Å². The molecule has 344 valence electrons. The zero-order chi connectivity index (χ0) is 46.4. The zero-order valence-electron chi connectivity index (χ0n) is 38.5. The minimum Gasteiger partial charge on any atom is -0.359 e. The maximum Gasteiger partial charge on any atom is 0.146 e. The van der Waals surface area contributed by atoms with E-state index in [1.54, 1.807) is 28.4 Å². The van der Waals surface area contributed by atoms with E-state index in [9.17, 15) is 0 Å². The Bertz CT molecular complexity index is 3250. The van der Waals surface area contributed by atoms with E-state index < -0.39 is 0 Å². The Morgan fingerprint density at radius 2 is 0.912 bits per heavy atom. The highest BCUT2D eigenvalue weighted by atomic mass is 16.7. The predicted octanol–water partition coefficient (Wildman–Crippen LogP) is 7.99. The van der Waals surface area contributed by atoms with Crippen LogP contribution in [0.1, 0.15) is 50.2 Å². The molecule has 1 N–H and O–H groups in total. The number of nitrogens with one attached hydrogen (secondary N) is 1. The Hall–Kier alpha value is -6.84. The highest BCUT2D eigenvalue weighted by Crippen LogP contribution is 2.40. The van der Waals surface area contributed by atoms with Gasteiger partial charge in [0.05, 0.1) is 54.7 Å². The summed E-state index contributed by atoms with van der Waals surface area (Å²) in [5.74, 6) is 0. The van der Waals surface area contributed by atoms with Gasteiger partial charge in [-0.25, -0.2) is 9.98 Å². The number of methoxy groups -OCH3 is 4. The third-order valence-corrected chi connectivity index (χ3v) is 12.1. The number of fused-ring (bicyclic) bond motifs is 4. The van der Waals surface area contributed by atoms with Crippen molar-refractivity contribution >= 4 is 34.0 Å². The van der Waals surface area contributed by atoms with E-state index in [-0.39, 0.29) is 27.2 Å². The van der Waals surface area contributed by atoms with Gasteiger partial charge in [0.1, 0.15) is 32.7 Å². The maximum atomic E-state index is 5.72. The molecule has 12 nitrogen and oxygen atoms in total. The normalized spacial score (nSPS) is 14.1. The van der Waals surface area contributed by atoms with Crippen molar-refractivity contribution in [3.05, 3.63) is 211 Å². The molecule has 0 amide bonds. The van der Waals surface area contributed by atoms with Crippen molar-refractivity contribution in [1.29, 1.82) is 0 Å². The molecule has 10 rings (SSSR count). The second-order valence-corrected chi connectivity index (χ2v) is 16.6. The summed E-state index contributed by atoms with van der Waals surface area (Å²) in [5.41, 5.74) is 18.6. The van der Waals surface area contributed by atoms with Crippen molar-refractivity contribution in [2.75, 3.05) is 55.6 Å². The van der Waals surface area contributed by atoms with Crippen molar-refractivity contribution in [2.45, 2.75) is 26.4 Å². The molecule has 0 saturated carbocycles. The minimum absolute atomic E-state index is 0.218. The monoisotopic (exact) mass is 908 g/mol. The van der Waals surface area contributed by atoms with E-state index in [4.69, 9.17) is 47.9 Å². The molecule has 7 aromatic rings. The van der Waals surface area contributed by atoms with Gasteiger partial charge in [0.2, 0.25) is 0 Å². The molecule has 4 aromatic carbocycles. The molecular weight excluding hydrogens is 857 g/mol. The molecule has 0 aliphatic carbocycles. The van der Waals surface area contributed by atoms with E-state index in [1.807, 2.05) is 0 Å². The Morgan fingerprint density at radius 1 is 0.456 bits per heavy atom. The first kappa shape index (κ1) is 45.0. The Labute approximate surface area is 394 Å². The number of hydrogen-bond acceptors (Lipinski definition) is 10. The van der Waals surface area contributed by atoms with Crippen LogP contribution in [0.25, 0.3) is 39.4 Å². The van der Waals surface area contributed by atoms with E-state index >= 15 is 0 Å². The summed E-state index contributed by atoms with van der Waals surface area (Å²) < 4.78 is 45.7. The number of benzene rings is 4. The summed E-state index contributed by atoms with van der Waals surface area (Å²) in [4.78, 5) is 15.0. The van der Waals surface area contributed by atoms with Crippen LogP contribution in [-0.4, -0.2) is 70.7 Å². The first-order valence-corrected chi connectivity index (χ1v) is 22.4. The molecule has 0 saturated heterocycles. The first-order chi connectivity index (χ1) is 33.5. The fraction of sp³-hybridized carbons (Fsp3) is 0.214. The quantitative estimate of drug-likeness (QED) is 0.0605. The maximum absolute atomic E-state index is 5.72. The van der Waals surface area contributed by atoms with E-state index in [1.165, 1.54) is 0 Å². The number of allylic oxidation sites excluding steroid dienone is 3. The molecule has 0 radical (unpaired) electrons. The summed E-state index contributed by atoms with van der Waals surface area (Å²) in [5, 5.41) is 1.84. The van der Waals surface area contributed by atoms with Crippen LogP contribution in [-0.2, 0) is 64.3 Å². The number of aromatic nitrogens is 2. The number of aliphatic imine (C=N–C) groups is 1. The number of hydrogen-bond donors (Lipinski definition) is 1. The van der Waals surface area contributed by atoms with Gasteiger partial charge in [-0.05, 0) is 87.0 Å². The highest BCUT2D eigenvalue weighted by molar-refractivity contribution is 6.30. The van der Waals surface area contributed by atoms with Gasteiger partial charge in [0.15, 0.2) is 0 Å². The fourth-order valence-electron chi connectivity index (χ4n) is 9.07. The van der Waals surface area contributed by atoms with Gasteiger partial charge >= 0.3 is 0 Å². The molecule has 6 bridgehead atoms. The van der Waals surface area contributed by atoms with Crippen LogP contribution in [0, 0.1) is 0 Å². The van der Waals surface area contributed by atoms with Crippen LogP contribution in [0.4, 0.5) is 0 Å². The number of ether oxygens (including phenoxy) is 8. The Kier molecular flexibility index (Phi) is 13.6. The van der Waals surface area contributed by atoms with Gasteiger partial charge in [-0.2, -0.15) is 0 Å². The van der Waals surface area contributed by atoms with Gasteiger partial charge in [-0.1, -0.05) is 97.1 Å². The molecule has 0 atom stereocenters. The molecule has 0 unspecified atom stereocenters. The number of aromatic amines is 1. The molecule has 3 aromatic heterocycles. The zero-order valence-corrected chi connectivity index (χ0v) is 38.5. The molecule has 3 aliphatic rings. The molecule has 0 spiro atoms. The number of rotatable bonds is 20. The minimum atomic E-state index is 0.218. The van der Waals surface area contributed by atoms with Crippen molar-refractivity contribution < 1.29 is 37.9 Å². The Morgan fingerprint density at radius 3 is 1.41 bits per heavy atom. The largest absolute Gasteiger partial charge is 0.359 e. The molecule has 0 fully saturated rings. The smallest absolute Gasteiger partial charge is 0.146 e. The molecule has 3 aliphatic heterocycles. The van der Waals surface area contributed by atoms with Crippen LogP contribution < -0.4 is 16.2 Å². The number of H-pyrrole nitrogens is 1. The van der Waals surface area contributed by atoms with Crippen LogP contribution in [0.5, 0.6) is 0 Å². The van der Waals surface area contributed by atoms with E-state index in [2.05, 4.69) is 149 Å². The second-order valence-electron chi connectivity index (χ2n) is 16.6. The lowest BCUT2D eigenvalue weighted by molar-refractivity contribution is -0.0391. The van der Waals surface area contributed by atoms with Crippen molar-refractivity contribution in [2.24, 2.45) is 9.98 Å². The SMILES string of the molecule is COCOCc1ccc(C2=C3C=CC(=N3)C(c3ccc(COCOC)cc3)=c3ccc([nH]3)=C(c3ccc(COCOC)cc3)C3=Cc4c(-c5ccc(COCOC)cc5)c5ccc2n5c4=N3)cc1. The molecular formula is C56H52N4O8. The van der Waals surface area contributed by atoms with Gasteiger partial charge in [-0.3, -0.25) is 4.40 Å². The third-order valence-electron chi connectivity index (χ3n) is 12.1.